The second-order valence-electron chi connectivity index (χ2n) is 16.7. The first kappa shape index (κ1) is 27.8. The van der Waals surface area contributed by atoms with Gasteiger partial charge in [-0.3, -0.25) is 14.4 Å². The van der Waals surface area contributed by atoms with Crippen molar-refractivity contribution in [3.63, 3.8) is 0 Å². The Morgan fingerprint density at radius 3 is 2.39 bits per heavy atom. The topological polar surface area (TPSA) is 99.6 Å². The number of carbonyl (C=O) groups is 3. The van der Waals surface area contributed by atoms with Gasteiger partial charge in [0.15, 0.2) is 11.6 Å². The molecule has 6 fully saturated rings. The van der Waals surface area contributed by atoms with Crippen molar-refractivity contribution < 1.29 is 19.1 Å². The Morgan fingerprint density at radius 2 is 1.73 bits per heavy atom. The first-order chi connectivity index (χ1) is 19.1. The van der Waals surface area contributed by atoms with E-state index >= 15 is 0 Å². The minimum Gasteiger partial charge on any atom is -0.355 e. The lowest BCUT2D eigenvalue weighted by Gasteiger charge is -2.70. The van der Waals surface area contributed by atoms with Gasteiger partial charge in [-0.25, -0.2) is 0 Å². The highest BCUT2D eigenvalue weighted by atomic mass is 16.6. The lowest BCUT2D eigenvalue weighted by atomic mass is 9.33. The van der Waals surface area contributed by atoms with Gasteiger partial charge in [0.2, 0.25) is 11.5 Å². The molecule has 0 aromatic heterocycles. The number of ketones is 2. The zero-order chi connectivity index (χ0) is 29.5. The number of Topliss-reactive ketones (excluding diaryl/α,β-unsaturated/α-hetero) is 1. The number of nitrogens with one attached hydrogen (secondary N) is 1. The van der Waals surface area contributed by atoms with Gasteiger partial charge < -0.3 is 10.1 Å². The van der Waals surface area contributed by atoms with E-state index in [0.717, 1.165) is 56.9 Å². The number of fused-ring (bicyclic) bond motifs is 9. The average molecular weight is 561 g/mol. The highest BCUT2D eigenvalue weighted by molar-refractivity contribution is 6.01. The van der Waals surface area contributed by atoms with Gasteiger partial charge in [-0.1, -0.05) is 54.0 Å². The van der Waals surface area contributed by atoms with Gasteiger partial charge in [0.05, 0.1) is 0 Å². The van der Waals surface area contributed by atoms with Crippen molar-refractivity contribution in [3.8, 4) is 6.07 Å². The Morgan fingerprint density at radius 1 is 1.02 bits per heavy atom. The Labute approximate surface area is 245 Å². The maximum Gasteiger partial charge on any atom is 0.240 e. The largest absolute Gasteiger partial charge is 0.355 e. The molecule has 0 aromatic carbocycles. The second-order valence-corrected chi connectivity index (χ2v) is 16.7. The number of nitrogens with zero attached hydrogens (tertiary/aromatic N) is 1. The maximum absolute atomic E-state index is 14.7. The monoisotopic (exact) mass is 560 g/mol. The van der Waals surface area contributed by atoms with Crippen LogP contribution in [-0.2, 0) is 19.1 Å². The van der Waals surface area contributed by atoms with Crippen LogP contribution in [0.1, 0.15) is 99.8 Å². The molecule has 7 rings (SSSR count). The van der Waals surface area contributed by atoms with Crippen LogP contribution < -0.4 is 5.32 Å². The van der Waals surface area contributed by atoms with Crippen molar-refractivity contribution in [1.29, 1.82) is 5.26 Å². The summed E-state index contributed by atoms with van der Waals surface area (Å²) in [5.41, 5.74) is -2.00. The molecule has 1 aliphatic heterocycles. The first-order valence-electron chi connectivity index (χ1n) is 16.3. The van der Waals surface area contributed by atoms with Crippen LogP contribution in [0, 0.1) is 73.9 Å². The number of nitriles is 1. The van der Waals surface area contributed by atoms with Crippen molar-refractivity contribution >= 4 is 17.5 Å². The van der Waals surface area contributed by atoms with Gasteiger partial charge >= 0.3 is 0 Å². The smallest absolute Gasteiger partial charge is 0.240 e. The Balaban J connectivity index is 1.33. The van der Waals surface area contributed by atoms with Crippen LogP contribution in [0.4, 0.5) is 0 Å². The first-order valence-corrected chi connectivity index (χ1v) is 16.3. The highest BCUT2D eigenvalue weighted by Gasteiger charge is 2.82. The fourth-order valence-corrected chi connectivity index (χ4v) is 11.9. The van der Waals surface area contributed by atoms with E-state index in [9.17, 15) is 19.6 Å². The van der Waals surface area contributed by atoms with Crippen molar-refractivity contribution in [2.75, 3.05) is 6.54 Å². The third-order valence-corrected chi connectivity index (χ3v) is 14.8. The lowest BCUT2D eigenvalue weighted by molar-refractivity contribution is -0.179. The van der Waals surface area contributed by atoms with Crippen molar-refractivity contribution in [1.82, 2.24) is 5.32 Å². The van der Waals surface area contributed by atoms with E-state index in [2.05, 4.69) is 46.0 Å². The molecule has 0 bridgehead atoms. The molecule has 1 unspecified atom stereocenters. The normalized spacial score (nSPS) is 52.9. The SMILES string of the molecule is C[C@@H]1[C@H]2[C@H]3C(=O)C=C4[C@@]5(C)C6O[C@@]6(C#N)C(=O)C(C)(C)[C@@H]5CC[C@@]4(C)[C@]3(C)CC[C@@]2(CNC(=O)C2CC2)CC[C@H]1C. The molecule has 11 atom stereocenters. The number of allylic oxidation sites excluding steroid dienone is 1. The fourth-order valence-electron chi connectivity index (χ4n) is 11.9. The Hall–Kier alpha value is -2.00. The summed E-state index contributed by atoms with van der Waals surface area (Å²) in [7, 11) is 0. The molecule has 1 amide bonds. The van der Waals surface area contributed by atoms with Gasteiger partial charge in [-0.05, 0) is 97.4 Å². The summed E-state index contributed by atoms with van der Waals surface area (Å²) in [5.74, 6) is 1.61. The molecule has 5 saturated carbocycles. The van der Waals surface area contributed by atoms with E-state index in [4.69, 9.17) is 4.74 Å². The van der Waals surface area contributed by atoms with Crippen molar-refractivity contribution in [2.45, 2.75) is 112 Å². The molecule has 6 nitrogen and oxygen atoms in total. The Kier molecular flexibility index (Phi) is 5.51. The number of rotatable bonds is 3. The molecule has 7 aliphatic rings. The third-order valence-electron chi connectivity index (χ3n) is 14.8. The van der Waals surface area contributed by atoms with Crippen LogP contribution in [0.25, 0.3) is 0 Å². The maximum atomic E-state index is 14.7. The van der Waals surface area contributed by atoms with Gasteiger partial charge in [-0.15, -0.1) is 0 Å². The van der Waals surface area contributed by atoms with Gasteiger partial charge in [0.25, 0.3) is 0 Å². The number of ether oxygens (including phenoxy) is 1. The molecule has 6 aliphatic carbocycles. The molecule has 0 aromatic rings. The van der Waals surface area contributed by atoms with Crippen LogP contribution in [-0.4, -0.2) is 35.7 Å². The molecule has 222 valence electrons. The quantitative estimate of drug-likeness (QED) is 0.440. The van der Waals surface area contributed by atoms with E-state index in [1.54, 1.807) is 0 Å². The van der Waals surface area contributed by atoms with E-state index in [-0.39, 0.29) is 57.4 Å². The summed E-state index contributed by atoms with van der Waals surface area (Å²) in [6, 6.07) is 2.27. The zero-order valence-electron chi connectivity index (χ0n) is 26.1. The summed E-state index contributed by atoms with van der Waals surface area (Å²) in [6.45, 7) is 16.3. The third kappa shape index (κ3) is 3.15. The van der Waals surface area contributed by atoms with Gasteiger partial charge in [0.1, 0.15) is 12.2 Å². The summed E-state index contributed by atoms with van der Waals surface area (Å²) < 4.78 is 6.14. The molecule has 1 saturated heterocycles. The van der Waals surface area contributed by atoms with Crippen LogP contribution in [0.3, 0.4) is 0 Å². The number of amides is 1. The van der Waals surface area contributed by atoms with E-state index in [0.29, 0.717) is 18.4 Å². The van der Waals surface area contributed by atoms with Crippen LogP contribution in [0.2, 0.25) is 0 Å². The Bertz CT molecular complexity index is 1320. The van der Waals surface area contributed by atoms with E-state index in [1.165, 1.54) is 0 Å². The minimum atomic E-state index is -1.39. The lowest BCUT2D eigenvalue weighted by Crippen LogP contribution is -2.68. The highest BCUT2D eigenvalue weighted by Crippen LogP contribution is 2.77. The standard InChI is InChI=1S/C35H48N2O4/c1-19-10-13-34(18-37-27(39)21-8-9-21)15-14-32(6)26(25(34)20(19)2)22(38)16-24-31(32,5)12-11-23-30(3,4)28(40)35(17-36)29(41-35)33(23,24)7/h16,19-21,23,25-26,29H,8-15,18H2,1-7H3,(H,37,39)/t19-,20+,23+,25+,26-,29?,31-,32-,33+,34-,35+/m1/s1. The minimum absolute atomic E-state index is 0.0256. The number of epoxide rings is 1. The summed E-state index contributed by atoms with van der Waals surface area (Å²) in [5, 5.41) is 13.5. The van der Waals surface area contributed by atoms with Crippen LogP contribution >= 0.6 is 0 Å². The fraction of sp³-hybridized carbons (Fsp3) is 0.829. The number of hydrogen-bond donors (Lipinski definition) is 1. The van der Waals surface area contributed by atoms with Crippen molar-refractivity contribution in [3.05, 3.63) is 11.6 Å². The van der Waals surface area contributed by atoms with Crippen LogP contribution in [0.15, 0.2) is 11.6 Å². The molecular weight excluding hydrogens is 512 g/mol. The average Bonchev–Trinajstić information content (AvgIpc) is 3.85. The zero-order valence-corrected chi connectivity index (χ0v) is 26.1. The van der Waals surface area contributed by atoms with Crippen molar-refractivity contribution in [2.24, 2.45) is 62.6 Å². The number of hydrogen-bond acceptors (Lipinski definition) is 5. The molecule has 6 heteroatoms. The van der Waals surface area contributed by atoms with E-state index < -0.39 is 22.5 Å². The van der Waals surface area contributed by atoms with Crippen LogP contribution in [0.5, 0.6) is 0 Å². The summed E-state index contributed by atoms with van der Waals surface area (Å²) in [6.07, 6.45) is 9.51. The molecule has 0 spiro atoms. The van der Waals surface area contributed by atoms with E-state index in [1.807, 2.05) is 19.9 Å². The van der Waals surface area contributed by atoms with Gasteiger partial charge in [-0.2, -0.15) is 5.26 Å². The molecule has 41 heavy (non-hydrogen) atoms. The molecule has 0 radical (unpaired) electrons. The molecular formula is C35H48N2O4. The summed E-state index contributed by atoms with van der Waals surface area (Å²) in [4.78, 5) is 41.1. The molecule has 1 N–H and O–H groups in total. The van der Waals surface area contributed by atoms with Gasteiger partial charge in [0, 0.05) is 29.2 Å². The second kappa shape index (κ2) is 8.13. The predicted octanol–water partition coefficient (Wildman–Crippen LogP) is 5.80. The molecule has 1 heterocycles. The number of carbonyl (C=O) groups excluding carboxylic acids is 3. The predicted molar refractivity (Wildman–Crippen MR) is 154 cm³/mol. The summed E-state index contributed by atoms with van der Waals surface area (Å²) >= 11 is 0.